The van der Waals surface area contributed by atoms with Crippen molar-refractivity contribution in [1.29, 1.82) is 0 Å². The monoisotopic (exact) mass is 409 g/mol. The molecule has 29 heavy (non-hydrogen) atoms. The minimum absolute atomic E-state index is 0.0782. The molecule has 0 radical (unpaired) electrons. The van der Waals surface area contributed by atoms with Gasteiger partial charge in [0.25, 0.3) is 0 Å². The van der Waals surface area contributed by atoms with Gasteiger partial charge in [-0.3, -0.25) is 4.79 Å². The van der Waals surface area contributed by atoms with Crippen LogP contribution in [0.15, 0.2) is 59.1 Å². The van der Waals surface area contributed by atoms with Crippen molar-refractivity contribution in [2.45, 2.75) is 38.0 Å². The molecule has 0 saturated carbocycles. The average molecular weight is 410 g/mol. The van der Waals surface area contributed by atoms with Crippen molar-refractivity contribution in [2.75, 3.05) is 13.1 Å². The summed E-state index contributed by atoms with van der Waals surface area (Å²) in [6.45, 7) is 3.49. The van der Waals surface area contributed by atoms with E-state index in [0.717, 1.165) is 30.4 Å². The van der Waals surface area contributed by atoms with Gasteiger partial charge in [0.2, 0.25) is 17.6 Å². The third-order valence-corrected chi connectivity index (χ3v) is 5.82. The molecule has 0 aliphatic carbocycles. The number of likely N-dealkylation sites (tertiary alicyclic amines) is 1. The number of rotatable bonds is 5. The van der Waals surface area contributed by atoms with E-state index in [-0.39, 0.29) is 17.7 Å². The number of hydrogen-bond donors (Lipinski definition) is 0. The lowest BCUT2D eigenvalue weighted by Gasteiger charge is -2.33. The lowest BCUT2D eigenvalue weighted by Crippen LogP contribution is -2.40. The molecule has 3 aromatic rings. The number of amides is 1. The Morgan fingerprint density at radius 2 is 1.93 bits per heavy atom. The first-order valence-electron chi connectivity index (χ1n) is 10.1. The van der Waals surface area contributed by atoms with Crippen LogP contribution >= 0.6 is 11.6 Å². The molecule has 1 aliphatic rings. The third-order valence-electron chi connectivity index (χ3n) is 5.59. The lowest BCUT2D eigenvalue weighted by molar-refractivity contribution is -0.134. The molecular weight excluding hydrogens is 386 g/mol. The zero-order valence-corrected chi connectivity index (χ0v) is 17.2. The second-order valence-corrected chi connectivity index (χ2v) is 7.87. The van der Waals surface area contributed by atoms with Crippen LogP contribution in [0.25, 0.3) is 11.4 Å². The Hall–Kier alpha value is -2.66. The molecule has 2 heterocycles. The smallest absolute Gasteiger partial charge is 0.230 e. The van der Waals surface area contributed by atoms with Crippen LogP contribution in [-0.2, 0) is 4.79 Å². The summed E-state index contributed by atoms with van der Waals surface area (Å²) in [6.07, 6.45) is 2.46. The molecule has 1 saturated heterocycles. The van der Waals surface area contributed by atoms with Crippen LogP contribution in [-0.4, -0.2) is 34.0 Å². The van der Waals surface area contributed by atoms with Gasteiger partial charge in [-0.05, 0) is 37.0 Å². The minimum atomic E-state index is -0.0782. The number of aromatic nitrogens is 2. The van der Waals surface area contributed by atoms with Gasteiger partial charge >= 0.3 is 0 Å². The van der Waals surface area contributed by atoms with E-state index in [4.69, 9.17) is 16.1 Å². The molecule has 1 atom stereocenters. The van der Waals surface area contributed by atoms with Gasteiger partial charge in [0.1, 0.15) is 0 Å². The summed E-state index contributed by atoms with van der Waals surface area (Å²) in [5, 5.41) is 4.76. The Bertz CT molecular complexity index is 965. The predicted molar refractivity (Wildman–Crippen MR) is 113 cm³/mol. The number of nitrogens with zero attached hydrogens (tertiary/aromatic N) is 3. The Labute approximate surface area is 175 Å². The molecule has 2 aromatic carbocycles. The molecule has 150 valence electrons. The first-order chi connectivity index (χ1) is 14.2. The first kappa shape index (κ1) is 19.6. The van der Waals surface area contributed by atoms with Gasteiger partial charge < -0.3 is 9.42 Å². The van der Waals surface area contributed by atoms with Crippen molar-refractivity contribution >= 4 is 17.5 Å². The first-order valence-corrected chi connectivity index (χ1v) is 10.5. The van der Waals surface area contributed by atoms with Crippen molar-refractivity contribution in [3.8, 4) is 11.4 Å². The van der Waals surface area contributed by atoms with Crippen LogP contribution in [0.1, 0.15) is 49.5 Å². The number of benzene rings is 2. The maximum absolute atomic E-state index is 13.1. The van der Waals surface area contributed by atoms with Gasteiger partial charge in [-0.25, -0.2) is 0 Å². The van der Waals surface area contributed by atoms with Gasteiger partial charge in [0.15, 0.2) is 0 Å². The molecule has 5 nitrogen and oxygen atoms in total. The largest absolute Gasteiger partial charge is 0.342 e. The Morgan fingerprint density at radius 3 is 2.62 bits per heavy atom. The SMILES string of the molecule is CC[C@H](C(=O)N1CCC(c2nc(-c3cccc(Cl)c3)no2)CC1)c1ccccc1. The molecule has 4 rings (SSSR count). The average Bonchev–Trinajstić information content (AvgIpc) is 3.25. The fraction of sp³-hybridized carbons (Fsp3) is 0.348. The van der Waals surface area contributed by atoms with E-state index in [1.807, 2.05) is 59.5 Å². The molecular formula is C23H24ClN3O2. The number of hydrogen-bond acceptors (Lipinski definition) is 4. The van der Waals surface area contributed by atoms with Crippen molar-refractivity contribution in [2.24, 2.45) is 0 Å². The summed E-state index contributed by atoms with van der Waals surface area (Å²) in [5.41, 5.74) is 1.93. The van der Waals surface area contributed by atoms with Crippen LogP contribution in [0.2, 0.25) is 5.02 Å². The van der Waals surface area contributed by atoms with Crippen LogP contribution in [0, 0.1) is 0 Å². The number of carbonyl (C=O) groups is 1. The van der Waals surface area contributed by atoms with Gasteiger partial charge in [0.05, 0.1) is 5.92 Å². The minimum Gasteiger partial charge on any atom is -0.342 e. The fourth-order valence-corrected chi connectivity index (χ4v) is 4.14. The molecule has 6 heteroatoms. The topological polar surface area (TPSA) is 59.2 Å². The number of halogens is 1. The van der Waals surface area contributed by atoms with E-state index in [2.05, 4.69) is 17.1 Å². The second-order valence-electron chi connectivity index (χ2n) is 7.44. The lowest BCUT2D eigenvalue weighted by atomic mass is 9.92. The van der Waals surface area contributed by atoms with Crippen LogP contribution in [0.5, 0.6) is 0 Å². The van der Waals surface area contributed by atoms with Crippen molar-refractivity contribution in [3.63, 3.8) is 0 Å². The molecule has 0 N–H and O–H groups in total. The molecule has 1 aromatic heterocycles. The van der Waals surface area contributed by atoms with Crippen molar-refractivity contribution in [3.05, 3.63) is 71.1 Å². The molecule has 0 spiro atoms. The highest BCUT2D eigenvalue weighted by Crippen LogP contribution is 2.31. The maximum atomic E-state index is 13.1. The highest BCUT2D eigenvalue weighted by molar-refractivity contribution is 6.30. The fourth-order valence-electron chi connectivity index (χ4n) is 3.95. The Balaban J connectivity index is 1.40. The van der Waals surface area contributed by atoms with Crippen molar-refractivity contribution < 1.29 is 9.32 Å². The summed E-state index contributed by atoms with van der Waals surface area (Å²) >= 11 is 6.05. The summed E-state index contributed by atoms with van der Waals surface area (Å²) in [4.78, 5) is 19.6. The van der Waals surface area contributed by atoms with Gasteiger partial charge in [-0.1, -0.05) is 66.1 Å². The van der Waals surface area contributed by atoms with Crippen molar-refractivity contribution in [1.82, 2.24) is 15.0 Å². The predicted octanol–water partition coefficient (Wildman–Crippen LogP) is 5.29. The van der Waals surface area contributed by atoms with E-state index < -0.39 is 0 Å². The summed E-state index contributed by atoms with van der Waals surface area (Å²) < 4.78 is 5.52. The van der Waals surface area contributed by atoms with Gasteiger partial charge in [0, 0.05) is 29.6 Å². The summed E-state index contributed by atoms with van der Waals surface area (Å²) in [6, 6.07) is 17.5. The number of carbonyl (C=O) groups excluding carboxylic acids is 1. The highest BCUT2D eigenvalue weighted by atomic mass is 35.5. The Morgan fingerprint density at radius 1 is 1.17 bits per heavy atom. The van der Waals surface area contributed by atoms with Gasteiger partial charge in [-0.15, -0.1) is 0 Å². The van der Waals surface area contributed by atoms with Crippen LogP contribution in [0.3, 0.4) is 0 Å². The van der Waals surface area contributed by atoms with Crippen LogP contribution < -0.4 is 0 Å². The van der Waals surface area contributed by atoms with E-state index in [9.17, 15) is 4.79 Å². The summed E-state index contributed by atoms with van der Waals surface area (Å²) in [7, 11) is 0. The normalized spacial score (nSPS) is 16.0. The molecule has 0 bridgehead atoms. The van der Waals surface area contributed by atoms with E-state index >= 15 is 0 Å². The standard InChI is InChI=1S/C23H24ClN3O2/c1-2-20(16-7-4-3-5-8-16)23(28)27-13-11-17(12-14-27)22-25-21(26-29-22)18-9-6-10-19(24)15-18/h3-10,15,17,20H,2,11-14H2,1H3/t20-/m0/s1. The third kappa shape index (κ3) is 4.35. The molecule has 0 unspecified atom stereocenters. The maximum Gasteiger partial charge on any atom is 0.230 e. The van der Waals surface area contributed by atoms with Gasteiger partial charge in [-0.2, -0.15) is 4.98 Å². The number of piperidine rings is 1. The quantitative estimate of drug-likeness (QED) is 0.574. The molecule has 1 fully saturated rings. The van der Waals surface area contributed by atoms with Crippen LogP contribution in [0.4, 0.5) is 0 Å². The second kappa shape index (κ2) is 8.78. The Kier molecular flexibility index (Phi) is 5.95. The molecule has 1 amide bonds. The zero-order chi connectivity index (χ0) is 20.2. The molecule has 1 aliphatic heterocycles. The highest BCUT2D eigenvalue weighted by Gasteiger charge is 2.31. The van der Waals surface area contributed by atoms with E-state index in [1.54, 1.807) is 0 Å². The van der Waals surface area contributed by atoms with E-state index in [0.29, 0.717) is 29.8 Å². The summed E-state index contributed by atoms with van der Waals surface area (Å²) in [5.74, 6) is 1.50. The van der Waals surface area contributed by atoms with E-state index in [1.165, 1.54) is 0 Å². The zero-order valence-electron chi connectivity index (χ0n) is 16.4.